The van der Waals surface area contributed by atoms with Crippen LogP contribution in [0.3, 0.4) is 0 Å². The van der Waals surface area contributed by atoms with Gasteiger partial charge in [0.05, 0.1) is 24.3 Å². The fraction of sp³-hybridized carbons (Fsp3) is 0.333. The Hall–Kier alpha value is -3.03. The number of benzene rings is 2. The molecule has 5 nitrogen and oxygen atoms in total. The van der Waals surface area contributed by atoms with Gasteiger partial charge in [0.1, 0.15) is 5.75 Å². The van der Waals surface area contributed by atoms with Crippen LogP contribution >= 0.6 is 0 Å². The third-order valence-corrected chi connectivity index (χ3v) is 4.87. The quantitative estimate of drug-likeness (QED) is 0.800. The molecule has 2 aromatic rings. The average Bonchev–Trinajstić information content (AvgIpc) is 3.09. The van der Waals surface area contributed by atoms with Gasteiger partial charge in [-0.05, 0) is 36.2 Å². The van der Waals surface area contributed by atoms with Crippen LogP contribution in [0, 0.1) is 5.92 Å². The molecule has 8 heteroatoms. The highest BCUT2D eigenvalue weighted by Gasteiger charge is 2.36. The number of nitrogens with one attached hydrogen (secondary N) is 1. The largest absolute Gasteiger partial charge is 0.495 e. The van der Waals surface area contributed by atoms with Crippen molar-refractivity contribution in [3.63, 3.8) is 0 Å². The van der Waals surface area contributed by atoms with E-state index in [4.69, 9.17) is 4.74 Å². The van der Waals surface area contributed by atoms with Crippen LogP contribution in [0.5, 0.6) is 5.75 Å². The summed E-state index contributed by atoms with van der Waals surface area (Å²) in [5.74, 6) is -0.329. The molecule has 0 spiro atoms. The lowest BCUT2D eigenvalue weighted by atomic mass is 10.1. The Balaban J connectivity index is 1.53. The van der Waals surface area contributed by atoms with Crippen LogP contribution in [0.4, 0.5) is 18.9 Å². The molecule has 2 aromatic carbocycles. The smallest absolute Gasteiger partial charge is 0.416 e. The summed E-state index contributed by atoms with van der Waals surface area (Å²) in [6, 6.07) is 12.0. The van der Waals surface area contributed by atoms with Crippen molar-refractivity contribution in [1.29, 1.82) is 0 Å². The minimum absolute atomic E-state index is 0.101. The third kappa shape index (κ3) is 4.88. The van der Waals surface area contributed by atoms with Crippen molar-refractivity contribution in [2.24, 2.45) is 5.92 Å². The van der Waals surface area contributed by atoms with Crippen molar-refractivity contribution in [2.45, 2.75) is 19.0 Å². The van der Waals surface area contributed by atoms with Crippen molar-refractivity contribution in [2.75, 3.05) is 25.1 Å². The van der Waals surface area contributed by atoms with Gasteiger partial charge in [-0.2, -0.15) is 13.2 Å². The van der Waals surface area contributed by atoms with E-state index in [1.165, 1.54) is 19.2 Å². The van der Waals surface area contributed by atoms with E-state index in [1.54, 1.807) is 29.2 Å². The molecule has 0 aromatic heterocycles. The van der Waals surface area contributed by atoms with E-state index >= 15 is 0 Å². The Labute approximate surface area is 166 Å². The summed E-state index contributed by atoms with van der Waals surface area (Å²) in [5.41, 5.74) is 0.614. The number of para-hydroxylation sites is 2. The predicted molar refractivity (Wildman–Crippen MR) is 102 cm³/mol. The molecule has 1 aliphatic heterocycles. The number of hydrogen-bond acceptors (Lipinski definition) is 3. The first-order valence-electron chi connectivity index (χ1n) is 9.17. The van der Waals surface area contributed by atoms with Crippen molar-refractivity contribution in [3.8, 4) is 5.75 Å². The SMILES string of the molecule is COc1ccccc1N1CC(C(=O)NCCc2ccc(C(F)(F)F)cc2)CC1=O. The number of carbonyl (C=O) groups excluding carboxylic acids is 2. The highest BCUT2D eigenvalue weighted by atomic mass is 19.4. The number of anilines is 1. The van der Waals surface area contributed by atoms with Crippen LogP contribution in [-0.2, 0) is 22.2 Å². The maximum absolute atomic E-state index is 12.6. The number of alkyl halides is 3. The van der Waals surface area contributed by atoms with E-state index in [0.29, 0.717) is 23.4 Å². The summed E-state index contributed by atoms with van der Waals surface area (Å²) < 4.78 is 43.0. The zero-order valence-corrected chi connectivity index (χ0v) is 15.8. The van der Waals surface area contributed by atoms with Gasteiger partial charge in [-0.15, -0.1) is 0 Å². The molecule has 1 N–H and O–H groups in total. The van der Waals surface area contributed by atoms with Crippen molar-refractivity contribution in [1.82, 2.24) is 5.32 Å². The molecule has 0 aliphatic carbocycles. The standard InChI is InChI=1S/C21H21F3N2O3/c1-29-18-5-3-2-4-17(18)26-13-15(12-19(26)27)20(28)25-11-10-14-6-8-16(9-7-14)21(22,23)24/h2-9,15H,10-13H2,1H3,(H,25,28). The van der Waals surface area contributed by atoms with E-state index in [0.717, 1.165) is 12.1 Å². The number of methoxy groups -OCH3 is 1. The van der Waals surface area contributed by atoms with Crippen LogP contribution in [0.25, 0.3) is 0 Å². The highest BCUT2D eigenvalue weighted by Crippen LogP contribution is 2.33. The predicted octanol–water partition coefficient (Wildman–Crippen LogP) is 3.43. The normalized spacial score (nSPS) is 16.8. The number of nitrogens with zero attached hydrogens (tertiary/aromatic N) is 1. The summed E-state index contributed by atoms with van der Waals surface area (Å²) in [6.45, 7) is 0.537. The number of carbonyl (C=O) groups is 2. The number of halogens is 3. The van der Waals surface area contributed by atoms with Crippen molar-refractivity contribution < 1.29 is 27.5 Å². The topological polar surface area (TPSA) is 58.6 Å². The Morgan fingerprint density at radius 1 is 1.17 bits per heavy atom. The molecular weight excluding hydrogens is 385 g/mol. The molecule has 29 heavy (non-hydrogen) atoms. The highest BCUT2D eigenvalue weighted by molar-refractivity contribution is 6.01. The van der Waals surface area contributed by atoms with Gasteiger partial charge in [-0.1, -0.05) is 24.3 Å². The summed E-state index contributed by atoms with van der Waals surface area (Å²) in [6.07, 6.45) is -3.86. The lowest BCUT2D eigenvalue weighted by molar-refractivity contribution is -0.137. The third-order valence-electron chi connectivity index (χ3n) is 4.87. The van der Waals surface area contributed by atoms with Crippen LogP contribution in [0.1, 0.15) is 17.5 Å². The van der Waals surface area contributed by atoms with Crippen LogP contribution < -0.4 is 15.0 Å². The molecule has 0 bridgehead atoms. The van der Waals surface area contributed by atoms with Crippen LogP contribution in [-0.4, -0.2) is 32.0 Å². The first-order valence-corrected chi connectivity index (χ1v) is 9.17. The molecule has 1 unspecified atom stereocenters. The van der Waals surface area contributed by atoms with E-state index in [2.05, 4.69) is 5.32 Å². The first-order chi connectivity index (χ1) is 13.8. The monoisotopic (exact) mass is 406 g/mol. The van der Waals surface area contributed by atoms with Gasteiger partial charge >= 0.3 is 6.18 Å². The van der Waals surface area contributed by atoms with E-state index in [-0.39, 0.29) is 31.3 Å². The number of amides is 2. The summed E-state index contributed by atoms with van der Waals surface area (Å²) >= 11 is 0. The second-order valence-corrected chi connectivity index (χ2v) is 6.81. The van der Waals surface area contributed by atoms with Crippen molar-refractivity contribution >= 4 is 17.5 Å². The molecule has 1 heterocycles. The summed E-state index contributed by atoms with van der Waals surface area (Å²) in [7, 11) is 1.52. The first kappa shape index (κ1) is 20.7. The molecule has 1 fully saturated rings. The molecule has 0 saturated carbocycles. The van der Waals surface area contributed by atoms with Crippen LogP contribution in [0.15, 0.2) is 48.5 Å². The van der Waals surface area contributed by atoms with Crippen LogP contribution in [0.2, 0.25) is 0 Å². The van der Waals surface area contributed by atoms with Gasteiger partial charge in [0.25, 0.3) is 0 Å². The number of ether oxygens (including phenoxy) is 1. The minimum Gasteiger partial charge on any atom is -0.495 e. The van der Waals surface area contributed by atoms with Crippen molar-refractivity contribution in [3.05, 3.63) is 59.7 Å². The van der Waals surface area contributed by atoms with Gasteiger partial charge in [-0.25, -0.2) is 0 Å². The van der Waals surface area contributed by atoms with Gasteiger partial charge in [0, 0.05) is 19.5 Å². The molecular formula is C21H21F3N2O3. The second kappa shape index (κ2) is 8.55. The maximum Gasteiger partial charge on any atom is 0.416 e. The van der Waals surface area contributed by atoms with E-state index in [9.17, 15) is 22.8 Å². The zero-order valence-electron chi connectivity index (χ0n) is 15.8. The van der Waals surface area contributed by atoms with Gasteiger partial charge in [0.15, 0.2) is 0 Å². The Kier molecular flexibility index (Phi) is 6.10. The Morgan fingerprint density at radius 2 is 1.86 bits per heavy atom. The molecule has 1 saturated heterocycles. The Morgan fingerprint density at radius 3 is 2.52 bits per heavy atom. The number of rotatable bonds is 6. The number of hydrogen-bond donors (Lipinski definition) is 1. The molecule has 1 aliphatic rings. The summed E-state index contributed by atoms with van der Waals surface area (Å²) in [5, 5.41) is 2.77. The van der Waals surface area contributed by atoms with Gasteiger partial charge < -0.3 is 15.0 Å². The van der Waals surface area contributed by atoms with E-state index in [1.807, 2.05) is 0 Å². The minimum atomic E-state index is -4.37. The molecule has 0 radical (unpaired) electrons. The summed E-state index contributed by atoms with van der Waals surface area (Å²) in [4.78, 5) is 26.3. The maximum atomic E-state index is 12.6. The Bertz CT molecular complexity index is 881. The lowest BCUT2D eigenvalue weighted by Gasteiger charge is -2.19. The van der Waals surface area contributed by atoms with E-state index < -0.39 is 17.7 Å². The molecule has 2 amide bonds. The molecule has 3 rings (SSSR count). The molecule has 154 valence electrons. The van der Waals surface area contributed by atoms with Gasteiger partial charge in [0.2, 0.25) is 11.8 Å². The second-order valence-electron chi connectivity index (χ2n) is 6.81. The fourth-order valence-electron chi connectivity index (χ4n) is 3.30. The zero-order chi connectivity index (χ0) is 21.0. The average molecular weight is 406 g/mol. The molecule has 1 atom stereocenters. The lowest BCUT2D eigenvalue weighted by Crippen LogP contribution is -2.34. The fourth-order valence-corrected chi connectivity index (χ4v) is 3.30. The van der Waals surface area contributed by atoms with Gasteiger partial charge in [-0.3, -0.25) is 9.59 Å².